The zero-order valence-electron chi connectivity index (χ0n) is 13.3. The maximum Gasteiger partial charge on any atom is 0.307 e. The van der Waals surface area contributed by atoms with Crippen LogP contribution in [0.25, 0.3) is 10.9 Å². The summed E-state index contributed by atoms with van der Waals surface area (Å²) in [7, 11) is -1.97. The SMILES string of the molecule is CC(C)(C)[Si](C)(C)On1cc(CC(=O)O)c2ccccc21. The van der Waals surface area contributed by atoms with Gasteiger partial charge in [-0.05, 0) is 29.8 Å². The Balaban J connectivity index is 2.48. The van der Waals surface area contributed by atoms with Crippen molar-refractivity contribution in [3.63, 3.8) is 0 Å². The molecule has 114 valence electrons. The van der Waals surface area contributed by atoms with Crippen molar-refractivity contribution < 1.29 is 14.4 Å². The second-order valence-corrected chi connectivity index (χ2v) is 11.6. The number of para-hydroxylation sites is 1. The fourth-order valence-corrected chi connectivity index (χ4v) is 2.90. The van der Waals surface area contributed by atoms with E-state index < -0.39 is 14.3 Å². The lowest BCUT2D eigenvalue weighted by Gasteiger charge is -2.36. The number of hydrogen-bond acceptors (Lipinski definition) is 2. The topological polar surface area (TPSA) is 51.5 Å². The molecule has 21 heavy (non-hydrogen) atoms. The quantitative estimate of drug-likeness (QED) is 0.876. The van der Waals surface area contributed by atoms with Crippen LogP contribution >= 0.6 is 0 Å². The number of hydrogen-bond donors (Lipinski definition) is 1. The van der Waals surface area contributed by atoms with Crippen LogP contribution in [0.3, 0.4) is 0 Å². The average Bonchev–Trinajstić information content (AvgIpc) is 2.65. The highest BCUT2D eigenvalue weighted by molar-refractivity contribution is 6.74. The van der Waals surface area contributed by atoms with Crippen molar-refractivity contribution in [1.29, 1.82) is 0 Å². The minimum atomic E-state index is -1.97. The molecule has 0 fully saturated rings. The van der Waals surface area contributed by atoms with Crippen molar-refractivity contribution in [3.8, 4) is 0 Å². The van der Waals surface area contributed by atoms with Gasteiger partial charge in [0.05, 0.1) is 11.9 Å². The zero-order valence-corrected chi connectivity index (χ0v) is 14.3. The Bertz CT molecular complexity index is 668. The third-order valence-electron chi connectivity index (χ3n) is 4.23. The number of benzene rings is 1. The minimum absolute atomic E-state index is 0.00831. The third-order valence-corrected chi connectivity index (χ3v) is 8.50. The Kier molecular flexibility index (Phi) is 3.89. The van der Waals surface area contributed by atoms with Gasteiger partial charge in [-0.25, -0.2) is 4.73 Å². The summed E-state index contributed by atoms with van der Waals surface area (Å²) in [4.78, 5) is 11.0. The first kappa shape index (κ1) is 15.6. The summed E-state index contributed by atoms with van der Waals surface area (Å²) in [5.41, 5.74) is 1.72. The number of carbonyl (C=O) groups is 1. The van der Waals surface area contributed by atoms with E-state index in [2.05, 4.69) is 33.9 Å². The van der Waals surface area contributed by atoms with E-state index in [1.165, 1.54) is 0 Å². The van der Waals surface area contributed by atoms with E-state index in [9.17, 15) is 4.79 Å². The maximum absolute atomic E-state index is 11.0. The van der Waals surface area contributed by atoms with Gasteiger partial charge in [0.15, 0.2) is 0 Å². The minimum Gasteiger partial charge on any atom is -0.481 e. The fraction of sp³-hybridized carbons (Fsp3) is 0.438. The van der Waals surface area contributed by atoms with E-state index in [1.54, 1.807) is 4.73 Å². The molecule has 1 aromatic heterocycles. The summed E-state index contributed by atoms with van der Waals surface area (Å²) in [5.74, 6) is -0.828. The molecule has 0 saturated carbocycles. The molecule has 0 spiro atoms. The number of nitrogens with zero attached hydrogens (tertiary/aromatic N) is 1. The molecule has 1 N–H and O–H groups in total. The molecule has 0 aliphatic rings. The Morgan fingerprint density at radius 3 is 2.48 bits per heavy atom. The highest BCUT2D eigenvalue weighted by Gasteiger charge is 2.40. The van der Waals surface area contributed by atoms with Crippen LogP contribution in [-0.4, -0.2) is 24.1 Å². The summed E-state index contributed by atoms with van der Waals surface area (Å²) in [6.07, 6.45) is 1.83. The molecule has 0 unspecified atom stereocenters. The molecular formula is C16H23NO3Si. The number of carboxylic acid groups (broad SMARTS) is 1. The smallest absolute Gasteiger partial charge is 0.307 e. The fourth-order valence-electron chi connectivity index (χ4n) is 1.98. The van der Waals surface area contributed by atoms with Gasteiger partial charge in [0.1, 0.15) is 0 Å². The monoisotopic (exact) mass is 305 g/mol. The van der Waals surface area contributed by atoms with Gasteiger partial charge in [-0.2, -0.15) is 0 Å². The molecule has 0 amide bonds. The number of rotatable bonds is 4. The van der Waals surface area contributed by atoms with E-state index in [0.29, 0.717) is 0 Å². The lowest BCUT2D eigenvalue weighted by molar-refractivity contribution is -0.136. The summed E-state index contributed by atoms with van der Waals surface area (Å²) < 4.78 is 8.07. The van der Waals surface area contributed by atoms with Crippen molar-refractivity contribution in [2.45, 2.75) is 45.3 Å². The van der Waals surface area contributed by atoms with Crippen LogP contribution in [0.2, 0.25) is 18.1 Å². The van der Waals surface area contributed by atoms with Crippen LogP contribution in [0.1, 0.15) is 26.3 Å². The van der Waals surface area contributed by atoms with Gasteiger partial charge >= 0.3 is 5.97 Å². The number of fused-ring (bicyclic) bond motifs is 1. The van der Waals surface area contributed by atoms with Crippen molar-refractivity contribution in [1.82, 2.24) is 4.73 Å². The molecular weight excluding hydrogens is 282 g/mol. The molecule has 4 nitrogen and oxygen atoms in total. The molecule has 5 heteroatoms. The second kappa shape index (κ2) is 5.22. The molecule has 0 aliphatic heterocycles. The van der Waals surface area contributed by atoms with Crippen LogP contribution in [0.15, 0.2) is 30.5 Å². The third kappa shape index (κ3) is 3.13. The average molecular weight is 305 g/mol. The molecule has 2 rings (SSSR count). The van der Waals surface area contributed by atoms with Gasteiger partial charge in [-0.1, -0.05) is 39.0 Å². The second-order valence-electron chi connectivity index (χ2n) is 6.92. The summed E-state index contributed by atoms with van der Waals surface area (Å²) >= 11 is 0. The normalized spacial score (nSPS) is 12.6. The van der Waals surface area contributed by atoms with E-state index in [-0.39, 0.29) is 11.5 Å². The van der Waals surface area contributed by atoms with Gasteiger partial charge in [0.25, 0.3) is 8.32 Å². The van der Waals surface area contributed by atoms with E-state index in [4.69, 9.17) is 9.63 Å². The Morgan fingerprint density at radius 1 is 1.29 bits per heavy atom. The standard InChI is InChI=1S/C16H23NO3Si/c1-16(2,3)21(4,5)20-17-11-12(10-15(18)19)13-8-6-7-9-14(13)17/h6-9,11H,10H2,1-5H3,(H,18,19). The van der Waals surface area contributed by atoms with Crippen LogP contribution < -0.4 is 4.53 Å². The summed E-state index contributed by atoms with van der Waals surface area (Å²) in [5, 5.41) is 10.1. The lowest BCUT2D eigenvalue weighted by atomic mass is 10.1. The number of aromatic nitrogens is 1. The van der Waals surface area contributed by atoms with E-state index in [0.717, 1.165) is 16.5 Å². The van der Waals surface area contributed by atoms with Crippen molar-refractivity contribution >= 4 is 25.2 Å². The Labute approximate surface area is 126 Å². The van der Waals surface area contributed by atoms with Gasteiger partial charge < -0.3 is 9.63 Å². The molecule has 0 bridgehead atoms. The first-order valence-corrected chi connectivity index (χ1v) is 10.0. The van der Waals surface area contributed by atoms with Gasteiger partial charge in [0.2, 0.25) is 0 Å². The van der Waals surface area contributed by atoms with E-state index in [1.807, 2.05) is 30.5 Å². The predicted molar refractivity (Wildman–Crippen MR) is 87.1 cm³/mol. The van der Waals surface area contributed by atoms with E-state index >= 15 is 0 Å². The zero-order chi connectivity index (χ0) is 15.8. The van der Waals surface area contributed by atoms with Crippen molar-refractivity contribution in [2.24, 2.45) is 0 Å². The molecule has 0 atom stereocenters. The predicted octanol–water partition coefficient (Wildman–Crippen LogP) is 3.70. The van der Waals surface area contributed by atoms with Gasteiger partial charge in [0, 0.05) is 11.6 Å². The largest absolute Gasteiger partial charge is 0.481 e. The highest BCUT2D eigenvalue weighted by Crippen LogP contribution is 2.35. The Hall–Kier alpha value is -1.75. The summed E-state index contributed by atoms with van der Waals surface area (Å²) in [6.45, 7) is 10.9. The van der Waals surface area contributed by atoms with Crippen LogP contribution in [0.5, 0.6) is 0 Å². The van der Waals surface area contributed by atoms with Crippen LogP contribution in [0.4, 0.5) is 0 Å². The molecule has 1 aromatic carbocycles. The van der Waals surface area contributed by atoms with Crippen molar-refractivity contribution in [3.05, 3.63) is 36.0 Å². The first-order valence-electron chi connectivity index (χ1n) is 7.12. The Morgan fingerprint density at radius 2 is 1.90 bits per heavy atom. The van der Waals surface area contributed by atoms with Crippen LogP contribution in [0, 0.1) is 0 Å². The van der Waals surface area contributed by atoms with Gasteiger partial charge in [-0.15, -0.1) is 0 Å². The highest BCUT2D eigenvalue weighted by atomic mass is 28.4. The summed E-state index contributed by atoms with van der Waals surface area (Å²) in [6, 6.07) is 7.77. The maximum atomic E-state index is 11.0. The van der Waals surface area contributed by atoms with Crippen LogP contribution in [-0.2, 0) is 11.2 Å². The molecule has 2 aromatic rings. The molecule has 0 aliphatic carbocycles. The number of aliphatic carboxylic acids is 1. The molecule has 0 saturated heterocycles. The lowest BCUT2D eigenvalue weighted by Crippen LogP contribution is -2.47. The first-order chi connectivity index (χ1) is 9.62. The molecule has 0 radical (unpaired) electrons. The van der Waals surface area contributed by atoms with Gasteiger partial charge in [-0.3, -0.25) is 4.79 Å². The van der Waals surface area contributed by atoms with Crippen molar-refractivity contribution in [2.75, 3.05) is 0 Å². The molecule has 1 heterocycles. The number of carboxylic acids is 1.